The molecule has 1 heterocycles. The lowest BCUT2D eigenvalue weighted by Crippen LogP contribution is -2.27. The summed E-state index contributed by atoms with van der Waals surface area (Å²) in [5.41, 5.74) is 4.22. The van der Waals surface area contributed by atoms with Crippen LogP contribution in [0.2, 0.25) is 15.1 Å². The molecule has 212 valence electrons. The number of carbonyl (C=O) groups excluding carboxylic acids is 1. The van der Waals surface area contributed by atoms with Crippen molar-refractivity contribution in [1.82, 2.24) is 0 Å². The zero-order chi connectivity index (χ0) is 29.1. The molecule has 0 fully saturated rings. The highest BCUT2D eigenvalue weighted by Gasteiger charge is 2.33. The van der Waals surface area contributed by atoms with Gasteiger partial charge in [-0.05, 0) is 78.6 Å². The number of aliphatic imine (C=N–C) groups is 1. The molecule has 1 N–H and O–H groups in total. The minimum absolute atomic E-state index is 0.144. The minimum atomic E-state index is -0.144. The first-order chi connectivity index (χ1) is 19.6. The monoisotopic (exact) mass is 624 g/mol. The fourth-order valence-electron chi connectivity index (χ4n) is 5.02. The maximum Gasteiger partial charge on any atom is 0.259 e. The van der Waals surface area contributed by atoms with Gasteiger partial charge in [-0.2, -0.15) is 0 Å². The maximum atomic E-state index is 13.6. The molecule has 1 aliphatic carbocycles. The van der Waals surface area contributed by atoms with Gasteiger partial charge in [0.25, 0.3) is 5.91 Å². The Morgan fingerprint density at radius 1 is 1.05 bits per heavy atom. The highest BCUT2D eigenvalue weighted by molar-refractivity contribution is 7.16. The van der Waals surface area contributed by atoms with Crippen LogP contribution in [-0.4, -0.2) is 12.1 Å². The van der Waals surface area contributed by atoms with Crippen LogP contribution in [-0.2, 0) is 19.4 Å². The van der Waals surface area contributed by atoms with Crippen molar-refractivity contribution in [2.24, 2.45) is 16.3 Å². The molecule has 4 aromatic rings. The normalized spacial score (nSPS) is 15.1. The molecular weight excluding hydrogens is 595 g/mol. The van der Waals surface area contributed by atoms with Crippen molar-refractivity contribution in [3.8, 4) is 5.75 Å². The van der Waals surface area contributed by atoms with E-state index in [0.717, 1.165) is 36.1 Å². The largest absolute Gasteiger partial charge is 0.488 e. The van der Waals surface area contributed by atoms with Crippen LogP contribution in [0.5, 0.6) is 5.75 Å². The Kier molecular flexibility index (Phi) is 9.10. The molecule has 0 aliphatic heterocycles. The van der Waals surface area contributed by atoms with Gasteiger partial charge in [-0.3, -0.25) is 4.79 Å². The Bertz CT molecular complexity index is 1590. The van der Waals surface area contributed by atoms with E-state index in [1.807, 2.05) is 42.5 Å². The molecule has 0 unspecified atom stereocenters. The number of benzene rings is 3. The summed E-state index contributed by atoms with van der Waals surface area (Å²) in [6.07, 6.45) is 4.57. The Hall–Kier alpha value is -2.83. The number of halogens is 3. The van der Waals surface area contributed by atoms with Crippen LogP contribution in [0.25, 0.3) is 0 Å². The summed E-state index contributed by atoms with van der Waals surface area (Å²) in [5, 5.41) is 5.42. The van der Waals surface area contributed by atoms with Crippen LogP contribution in [0.4, 0.5) is 10.7 Å². The van der Waals surface area contributed by atoms with E-state index in [1.54, 1.807) is 41.8 Å². The summed E-state index contributed by atoms with van der Waals surface area (Å²) in [6.45, 7) is 7.12. The molecule has 0 spiro atoms. The van der Waals surface area contributed by atoms with Gasteiger partial charge >= 0.3 is 0 Å². The summed E-state index contributed by atoms with van der Waals surface area (Å²) in [4.78, 5) is 19.8. The molecule has 4 nitrogen and oxygen atoms in total. The van der Waals surface area contributed by atoms with Gasteiger partial charge in [0, 0.05) is 43.0 Å². The molecule has 0 saturated heterocycles. The van der Waals surface area contributed by atoms with Crippen LogP contribution in [0, 0.1) is 11.3 Å². The molecule has 1 aromatic heterocycles. The van der Waals surface area contributed by atoms with Gasteiger partial charge in [0.2, 0.25) is 0 Å². The number of anilines is 1. The van der Waals surface area contributed by atoms with E-state index in [2.05, 4.69) is 26.1 Å². The smallest absolute Gasteiger partial charge is 0.259 e. The number of para-hydroxylation sites is 1. The van der Waals surface area contributed by atoms with Gasteiger partial charge in [0.1, 0.15) is 17.4 Å². The lowest BCUT2D eigenvalue weighted by molar-refractivity contribution is 0.102. The van der Waals surface area contributed by atoms with Crippen molar-refractivity contribution >= 4 is 68.9 Å². The van der Waals surface area contributed by atoms with E-state index in [9.17, 15) is 4.79 Å². The third-order valence-electron chi connectivity index (χ3n) is 7.42. The van der Waals surface area contributed by atoms with Gasteiger partial charge in [-0.15, -0.1) is 11.3 Å². The van der Waals surface area contributed by atoms with Gasteiger partial charge in [-0.25, -0.2) is 4.99 Å². The van der Waals surface area contributed by atoms with E-state index in [0.29, 0.717) is 42.9 Å². The molecule has 1 aliphatic rings. The fourth-order valence-corrected chi connectivity index (χ4v) is 6.94. The minimum Gasteiger partial charge on any atom is -0.488 e. The third kappa shape index (κ3) is 7.15. The van der Waals surface area contributed by atoms with Crippen LogP contribution in [0.3, 0.4) is 0 Å². The second-order valence-corrected chi connectivity index (χ2v) is 13.6. The standard InChI is InChI=1S/C33H31Cl3N2O2S/c1-33(2,3)22-10-13-26-29(16-22)41-32(30(26)31(39)38-25-7-5-4-6-8-25)37-18-21-15-23(34)12-14-28(21)40-19-20-9-11-24(35)17-27(20)36/h4-9,11-12,14-15,17-18,22H,10,13,16,19H2,1-3H3,(H,38,39)/t22-/m0/s1. The molecule has 1 atom stereocenters. The number of thiophene rings is 1. The Balaban J connectivity index is 1.47. The van der Waals surface area contributed by atoms with Gasteiger partial charge in [-0.1, -0.05) is 79.8 Å². The first-order valence-corrected chi connectivity index (χ1v) is 15.4. The lowest BCUT2D eigenvalue weighted by Gasteiger charge is -2.33. The van der Waals surface area contributed by atoms with Crippen LogP contribution >= 0.6 is 46.1 Å². The number of hydrogen-bond donors (Lipinski definition) is 1. The number of ether oxygens (including phenoxy) is 1. The van der Waals surface area contributed by atoms with E-state index in [1.165, 1.54) is 4.88 Å². The Labute approximate surface area is 260 Å². The predicted molar refractivity (Wildman–Crippen MR) is 173 cm³/mol. The molecular formula is C33H31Cl3N2O2S. The summed E-state index contributed by atoms with van der Waals surface area (Å²) < 4.78 is 6.12. The van der Waals surface area contributed by atoms with Crippen LogP contribution < -0.4 is 10.1 Å². The summed E-state index contributed by atoms with van der Waals surface area (Å²) in [5.74, 6) is 1.01. The van der Waals surface area contributed by atoms with E-state index in [-0.39, 0.29) is 17.9 Å². The SMILES string of the molecule is CC(C)(C)[C@H]1CCc2c(sc(N=Cc3cc(Cl)ccc3OCc3ccc(Cl)cc3Cl)c2C(=O)Nc2ccccc2)C1. The zero-order valence-corrected chi connectivity index (χ0v) is 26.2. The average molecular weight is 626 g/mol. The van der Waals surface area contributed by atoms with Crippen molar-refractivity contribution in [2.45, 2.75) is 46.6 Å². The number of nitrogens with one attached hydrogen (secondary N) is 1. The molecule has 0 radical (unpaired) electrons. The number of nitrogens with zero attached hydrogens (tertiary/aromatic N) is 1. The van der Waals surface area contributed by atoms with E-state index >= 15 is 0 Å². The molecule has 8 heteroatoms. The molecule has 1 amide bonds. The lowest BCUT2D eigenvalue weighted by atomic mass is 9.72. The second kappa shape index (κ2) is 12.6. The molecule has 0 saturated carbocycles. The van der Waals surface area contributed by atoms with Crippen molar-refractivity contribution in [1.29, 1.82) is 0 Å². The Morgan fingerprint density at radius 3 is 2.51 bits per heavy atom. The zero-order valence-electron chi connectivity index (χ0n) is 23.1. The van der Waals surface area contributed by atoms with E-state index < -0.39 is 0 Å². The highest BCUT2D eigenvalue weighted by atomic mass is 35.5. The predicted octanol–water partition coefficient (Wildman–Crippen LogP) is 10.4. The maximum absolute atomic E-state index is 13.6. The van der Waals surface area contributed by atoms with Gasteiger partial charge < -0.3 is 10.1 Å². The van der Waals surface area contributed by atoms with Crippen molar-refractivity contribution in [3.05, 3.63) is 109 Å². The quantitative estimate of drug-likeness (QED) is 0.208. The second-order valence-electron chi connectivity index (χ2n) is 11.3. The fraction of sp³-hybridized carbons (Fsp3) is 0.273. The van der Waals surface area contributed by atoms with Crippen LogP contribution in [0.1, 0.15) is 59.1 Å². The molecule has 5 rings (SSSR count). The first-order valence-electron chi connectivity index (χ1n) is 13.5. The summed E-state index contributed by atoms with van der Waals surface area (Å²) in [6, 6.07) is 20.2. The third-order valence-corrected chi connectivity index (χ3v) is 9.41. The average Bonchev–Trinajstić information content (AvgIpc) is 3.30. The molecule has 41 heavy (non-hydrogen) atoms. The number of hydrogen-bond acceptors (Lipinski definition) is 4. The van der Waals surface area contributed by atoms with Crippen LogP contribution in [0.15, 0.2) is 71.7 Å². The molecule has 0 bridgehead atoms. The van der Waals surface area contributed by atoms with Crippen molar-refractivity contribution in [2.75, 3.05) is 5.32 Å². The highest BCUT2D eigenvalue weighted by Crippen LogP contribution is 2.45. The molecule has 3 aromatic carbocycles. The van der Waals surface area contributed by atoms with Gasteiger partial charge in [0.15, 0.2) is 0 Å². The van der Waals surface area contributed by atoms with Gasteiger partial charge in [0.05, 0.1) is 5.56 Å². The van der Waals surface area contributed by atoms with E-state index in [4.69, 9.17) is 44.5 Å². The number of amides is 1. The summed E-state index contributed by atoms with van der Waals surface area (Å²) in [7, 11) is 0. The van der Waals surface area contributed by atoms with Crippen molar-refractivity contribution < 1.29 is 9.53 Å². The summed E-state index contributed by atoms with van der Waals surface area (Å²) >= 11 is 20.3. The number of carbonyl (C=O) groups is 1. The Morgan fingerprint density at radius 2 is 1.78 bits per heavy atom. The number of fused-ring (bicyclic) bond motifs is 1. The first kappa shape index (κ1) is 29.7. The van der Waals surface area contributed by atoms with Crippen molar-refractivity contribution in [3.63, 3.8) is 0 Å². The number of rotatable bonds is 7. The topological polar surface area (TPSA) is 50.7 Å².